The number of esters is 1. The van der Waals surface area contributed by atoms with Gasteiger partial charge in [-0.3, -0.25) is 4.79 Å². The van der Waals surface area contributed by atoms with Crippen LogP contribution in [0.1, 0.15) is 32.6 Å². The maximum absolute atomic E-state index is 10.6. The van der Waals surface area contributed by atoms with Crippen molar-refractivity contribution in [3.63, 3.8) is 0 Å². The molecule has 76 valence electrons. The number of rotatable bonds is 3. The van der Waals surface area contributed by atoms with Gasteiger partial charge in [-0.05, 0) is 37.5 Å². The van der Waals surface area contributed by atoms with Gasteiger partial charge in [0.1, 0.15) is 0 Å². The molecule has 0 unspecified atom stereocenters. The Morgan fingerprint density at radius 2 is 1.85 bits per heavy atom. The van der Waals surface area contributed by atoms with Crippen LogP contribution in [0.15, 0.2) is 0 Å². The topological polar surface area (TPSA) is 26.3 Å². The van der Waals surface area contributed by atoms with Crippen LogP contribution >= 0.6 is 22.6 Å². The van der Waals surface area contributed by atoms with Gasteiger partial charge in [-0.1, -0.05) is 22.6 Å². The first-order valence-electron chi connectivity index (χ1n) is 4.91. The second-order valence-corrected chi connectivity index (χ2v) is 4.72. The van der Waals surface area contributed by atoms with Crippen molar-refractivity contribution < 1.29 is 9.53 Å². The Morgan fingerprint density at radius 3 is 2.31 bits per heavy atom. The van der Waals surface area contributed by atoms with Crippen LogP contribution in [0.25, 0.3) is 0 Å². The molecule has 0 radical (unpaired) electrons. The summed E-state index contributed by atoms with van der Waals surface area (Å²) in [4.78, 5) is 10.6. The van der Waals surface area contributed by atoms with E-state index in [2.05, 4.69) is 22.6 Å². The van der Waals surface area contributed by atoms with Crippen molar-refractivity contribution in [2.75, 3.05) is 11.0 Å². The van der Waals surface area contributed by atoms with Crippen LogP contribution in [-0.2, 0) is 9.53 Å². The molecule has 0 aromatic rings. The van der Waals surface area contributed by atoms with Crippen molar-refractivity contribution >= 4 is 28.6 Å². The molecular formula is C10H17IO2. The molecule has 1 aliphatic rings. The van der Waals surface area contributed by atoms with Gasteiger partial charge in [-0.15, -0.1) is 0 Å². The zero-order valence-corrected chi connectivity index (χ0v) is 10.2. The van der Waals surface area contributed by atoms with Crippen LogP contribution < -0.4 is 0 Å². The second-order valence-electron chi connectivity index (χ2n) is 3.84. The minimum Gasteiger partial charge on any atom is -0.466 e. The number of hydrogen-bond donors (Lipinski definition) is 0. The van der Waals surface area contributed by atoms with Crippen LogP contribution in [-0.4, -0.2) is 17.0 Å². The molecule has 0 aromatic heterocycles. The summed E-state index contributed by atoms with van der Waals surface area (Å²) in [6.45, 7) is 2.12. The van der Waals surface area contributed by atoms with Crippen LogP contribution in [0.2, 0.25) is 0 Å². The molecule has 0 spiro atoms. The highest BCUT2D eigenvalue weighted by Gasteiger charge is 2.20. The van der Waals surface area contributed by atoms with Crippen LogP contribution in [0.5, 0.6) is 0 Å². The lowest BCUT2D eigenvalue weighted by atomic mass is 9.83. The van der Waals surface area contributed by atoms with Crippen molar-refractivity contribution in [2.45, 2.75) is 32.6 Å². The van der Waals surface area contributed by atoms with Crippen molar-refractivity contribution in [1.29, 1.82) is 0 Å². The maximum atomic E-state index is 10.6. The highest BCUT2D eigenvalue weighted by molar-refractivity contribution is 14.1. The van der Waals surface area contributed by atoms with E-state index in [1.54, 1.807) is 0 Å². The van der Waals surface area contributed by atoms with Gasteiger partial charge >= 0.3 is 5.97 Å². The van der Waals surface area contributed by atoms with Crippen LogP contribution in [0.3, 0.4) is 0 Å². The second kappa shape index (κ2) is 5.83. The van der Waals surface area contributed by atoms with E-state index in [-0.39, 0.29) is 5.97 Å². The van der Waals surface area contributed by atoms with Crippen molar-refractivity contribution in [1.82, 2.24) is 0 Å². The van der Waals surface area contributed by atoms with Crippen molar-refractivity contribution in [2.24, 2.45) is 11.8 Å². The summed E-state index contributed by atoms with van der Waals surface area (Å²) in [5, 5.41) is 0. The molecular weight excluding hydrogens is 279 g/mol. The molecule has 1 rings (SSSR count). The molecule has 0 N–H and O–H groups in total. The monoisotopic (exact) mass is 296 g/mol. The largest absolute Gasteiger partial charge is 0.466 e. The fourth-order valence-corrected chi connectivity index (χ4v) is 2.67. The quantitative estimate of drug-likeness (QED) is 0.455. The van der Waals surface area contributed by atoms with Gasteiger partial charge in [0.2, 0.25) is 0 Å². The predicted octanol–water partition coefficient (Wildman–Crippen LogP) is 2.79. The Kier molecular flexibility index (Phi) is 5.06. The SMILES string of the molecule is CC(=O)OCC1CCC(CI)CC1. The smallest absolute Gasteiger partial charge is 0.302 e. The lowest BCUT2D eigenvalue weighted by Gasteiger charge is -2.26. The zero-order valence-electron chi connectivity index (χ0n) is 8.09. The molecule has 1 saturated carbocycles. The first-order chi connectivity index (χ1) is 6.22. The summed E-state index contributed by atoms with van der Waals surface area (Å²) in [6, 6.07) is 0. The standard InChI is InChI=1S/C10H17IO2/c1-8(12)13-7-10-4-2-9(6-11)3-5-10/h9-10H,2-7H2,1H3. The highest BCUT2D eigenvalue weighted by atomic mass is 127. The van der Waals surface area contributed by atoms with Crippen molar-refractivity contribution in [3.05, 3.63) is 0 Å². The molecule has 0 amide bonds. The van der Waals surface area contributed by atoms with Gasteiger partial charge in [0, 0.05) is 11.4 Å². The fraction of sp³-hybridized carbons (Fsp3) is 0.900. The van der Waals surface area contributed by atoms with E-state index in [0.29, 0.717) is 12.5 Å². The molecule has 0 aliphatic heterocycles. The number of ether oxygens (including phenoxy) is 1. The average molecular weight is 296 g/mol. The molecule has 0 saturated heterocycles. The third kappa shape index (κ3) is 4.29. The van der Waals surface area contributed by atoms with Gasteiger partial charge in [-0.25, -0.2) is 0 Å². The third-order valence-corrected chi connectivity index (χ3v) is 3.95. The number of carbonyl (C=O) groups is 1. The number of carbonyl (C=O) groups excluding carboxylic acids is 1. The predicted molar refractivity (Wildman–Crippen MR) is 61.0 cm³/mol. The van der Waals surface area contributed by atoms with Crippen LogP contribution in [0, 0.1) is 11.8 Å². The van der Waals surface area contributed by atoms with Crippen molar-refractivity contribution in [3.8, 4) is 0 Å². The molecule has 0 atom stereocenters. The van der Waals surface area contributed by atoms with E-state index >= 15 is 0 Å². The third-order valence-electron chi connectivity index (χ3n) is 2.71. The summed E-state index contributed by atoms with van der Waals surface area (Å²) in [6.07, 6.45) is 5.10. The molecule has 0 aromatic carbocycles. The van der Waals surface area contributed by atoms with Crippen LogP contribution in [0.4, 0.5) is 0 Å². The first kappa shape index (κ1) is 11.3. The van der Waals surface area contributed by atoms with Gasteiger partial charge in [0.15, 0.2) is 0 Å². The van der Waals surface area contributed by atoms with Gasteiger partial charge in [0.25, 0.3) is 0 Å². The van der Waals surface area contributed by atoms with E-state index in [1.165, 1.54) is 37.0 Å². The maximum Gasteiger partial charge on any atom is 0.302 e. The minimum atomic E-state index is -0.143. The molecule has 3 heteroatoms. The summed E-state index contributed by atoms with van der Waals surface area (Å²) in [5.41, 5.74) is 0. The number of alkyl halides is 1. The Hall–Kier alpha value is 0.200. The molecule has 2 nitrogen and oxygen atoms in total. The average Bonchev–Trinajstić information content (AvgIpc) is 2.15. The number of halogens is 1. The summed E-state index contributed by atoms with van der Waals surface area (Å²) in [7, 11) is 0. The summed E-state index contributed by atoms with van der Waals surface area (Å²) >= 11 is 2.46. The van der Waals surface area contributed by atoms with Gasteiger partial charge in [-0.2, -0.15) is 0 Å². The van der Waals surface area contributed by atoms with Gasteiger partial charge < -0.3 is 4.74 Å². The molecule has 1 aliphatic carbocycles. The molecule has 0 heterocycles. The fourth-order valence-electron chi connectivity index (χ4n) is 1.79. The Bertz CT molecular complexity index is 162. The first-order valence-corrected chi connectivity index (χ1v) is 6.44. The molecule has 1 fully saturated rings. The van der Waals surface area contributed by atoms with E-state index in [1.807, 2.05) is 0 Å². The molecule has 0 bridgehead atoms. The minimum absolute atomic E-state index is 0.143. The lowest BCUT2D eigenvalue weighted by molar-refractivity contribution is -0.142. The van der Waals surface area contributed by atoms with E-state index in [4.69, 9.17) is 4.74 Å². The Balaban J connectivity index is 2.14. The Labute approximate surface area is 93.6 Å². The summed E-state index contributed by atoms with van der Waals surface area (Å²) < 4.78 is 6.29. The zero-order chi connectivity index (χ0) is 9.68. The molecule has 13 heavy (non-hydrogen) atoms. The van der Waals surface area contributed by atoms with E-state index in [9.17, 15) is 4.79 Å². The lowest BCUT2D eigenvalue weighted by Crippen LogP contribution is -2.20. The normalized spacial score (nSPS) is 28.5. The Morgan fingerprint density at radius 1 is 1.31 bits per heavy atom. The number of hydrogen-bond acceptors (Lipinski definition) is 2. The van der Waals surface area contributed by atoms with E-state index < -0.39 is 0 Å². The van der Waals surface area contributed by atoms with Gasteiger partial charge in [0.05, 0.1) is 6.61 Å². The summed E-state index contributed by atoms with van der Waals surface area (Å²) in [5.74, 6) is 1.40. The highest BCUT2D eigenvalue weighted by Crippen LogP contribution is 2.29. The van der Waals surface area contributed by atoms with E-state index in [0.717, 1.165) is 5.92 Å².